The highest BCUT2D eigenvalue weighted by Crippen LogP contribution is 2.55. The van der Waals surface area contributed by atoms with E-state index in [0.717, 1.165) is 49.0 Å². The third-order valence-electron chi connectivity index (χ3n) is 4.88. The Labute approximate surface area is 113 Å². The summed E-state index contributed by atoms with van der Waals surface area (Å²) in [5.41, 5.74) is 0.404. The molecule has 0 aliphatic heterocycles. The highest BCUT2D eigenvalue weighted by atomic mass is 16.5. The first-order chi connectivity index (χ1) is 9.17. The minimum atomic E-state index is -0.887. The van der Waals surface area contributed by atoms with Crippen LogP contribution in [0.2, 0.25) is 0 Å². The normalized spacial score (nSPS) is 27.8. The molecule has 1 aromatic rings. The molecule has 1 saturated carbocycles. The lowest BCUT2D eigenvalue weighted by atomic mass is 9.52. The lowest BCUT2D eigenvalue weighted by molar-refractivity contribution is -0.0571. The largest absolute Gasteiger partial charge is 0.496 e. The lowest BCUT2D eigenvalue weighted by Crippen LogP contribution is -2.58. The fourth-order valence-corrected chi connectivity index (χ4v) is 3.81. The van der Waals surface area contributed by atoms with Crippen molar-refractivity contribution in [1.29, 1.82) is 5.26 Å². The molecule has 3 nitrogen and oxygen atoms in total. The smallest absolute Gasteiger partial charge is 0.124 e. The molecule has 3 rings (SSSR count). The van der Waals surface area contributed by atoms with Crippen molar-refractivity contribution in [2.24, 2.45) is 0 Å². The molecule has 1 unspecified atom stereocenters. The molecule has 1 N–H and O–H groups in total. The lowest BCUT2D eigenvalue weighted by Gasteiger charge is -2.51. The number of ether oxygens (including phenoxy) is 1. The van der Waals surface area contributed by atoms with Gasteiger partial charge in [-0.15, -0.1) is 0 Å². The van der Waals surface area contributed by atoms with Crippen molar-refractivity contribution in [3.63, 3.8) is 0 Å². The molecule has 0 radical (unpaired) electrons. The van der Waals surface area contributed by atoms with E-state index in [4.69, 9.17) is 4.74 Å². The summed E-state index contributed by atoms with van der Waals surface area (Å²) in [5.74, 6) is 0.740. The highest BCUT2D eigenvalue weighted by molar-refractivity contribution is 5.60. The number of nitrogens with zero attached hydrogens (tertiary/aromatic N) is 1. The number of methoxy groups -OCH3 is 1. The Morgan fingerprint density at radius 3 is 2.63 bits per heavy atom. The predicted molar refractivity (Wildman–Crippen MR) is 72.0 cm³/mol. The molecule has 0 aromatic heterocycles. The van der Waals surface area contributed by atoms with E-state index in [1.54, 1.807) is 7.11 Å². The summed E-state index contributed by atoms with van der Waals surface area (Å²) in [7, 11) is 1.63. The van der Waals surface area contributed by atoms with E-state index in [0.29, 0.717) is 6.42 Å². The van der Waals surface area contributed by atoms with Gasteiger partial charge < -0.3 is 9.84 Å². The zero-order valence-corrected chi connectivity index (χ0v) is 11.3. The summed E-state index contributed by atoms with van der Waals surface area (Å²) in [5, 5.41) is 20.8. The second-order valence-electron chi connectivity index (χ2n) is 5.78. The van der Waals surface area contributed by atoms with Crippen LogP contribution in [0, 0.1) is 11.3 Å². The molecule has 1 fully saturated rings. The first kappa shape index (κ1) is 12.5. The first-order valence-electron chi connectivity index (χ1n) is 6.97. The Morgan fingerprint density at radius 2 is 2.00 bits per heavy atom. The van der Waals surface area contributed by atoms with Crippen molar-refractivity contribution in [3.05, 3.63) is 29.3 Å². The van der Waals surface area contributed by atoms with Crippen LogP contribution in [0.5, 0.6) is 5.75 Å². The van der Waals surface area contributed by atoms with E-state index >= 15 is 0 Å². The summed E-state index contributed by atoms with van der Waals surface area (Å²) in [4.78, 5) is 0. The summed E-state index contributed by atoms with van der Waals surface area (Å²) in [6, 6.07) is 8.29. The Kier molecular flexibility index (Phi) is 2.79. The maximum absolute atomic E-state index is 11.0. The molecule has 0 saturated heterocycles. The van der Waals surface area contributed by atoms with Gasteiger partial charge in [0.2, 0.25) is 0 Å². The van der Waals surface area contributed by atoms with E-state index in [-0.39, 0.29) is 0 Å². The van der Waals surface area contributed by atoms with E-state index in [1.807, 2.05) is 18.2 Å². The second kappa shape index (κ2) is 4.25. The zero-order valence-electron chi connectivity index (χ0n) is 11.3. The molecule has 0 bridgehead atoms. The Balaban J connectivity index is 2.10. The van der Waals surface area contributed by atoms with Crippen molar-refractivity contribution in [2.75, 3.05) is 7.11 Å². The standard InChI is InChI=1S/C16H19NO2/c1-19-13-7-5-6-12-10-15(11-17,14(12)13)16(18)8-3-2-4-9-16/h5-7,18H,2-4,8-10H2,1H3. The van der Waals surface area contributed by atoms with Gasteiger partial charge in [0.1, 0.15) is 11.2 Å². The molecule has 100 valence electrons. The van der Waals surface area contributed by atoms with Crippen LogP contribution in [0.15, 0.2) is 18.2 Å². The van der Waals surface area contributed by atoms with Crippen LogP contribution in [0.1, 0.15) is 43.2 Å². The minimum absolute atomic E-state index is 0.645. The number of rotatable bonds is 2. The fraction of sp³-hybridized carbons (Fsp3) is 0.562. The van der Waals surface area contributed by atoms with Gasteiger partial charge in [0.15, 0.2) is 0 Å². The molecule has 0 spiro atoms. The van der Waals surface area contributed by atoms with Gasteiger partial charge in [0, 0.05) is 5.56 Å². The molecule has 0 heterocycles. The average molecular weight is 257 g/mol. The molecule has 3 heteroatoms. The molecule has 1 aromatic carbocycles. The van der Waals surface area contributed by atoms with Crippen LogP contribution in [0.25, 0.3) is 0 Å². The fourth-order valence-electron chi connectivity index (χ4n) is 3.81. The van der Waals surface area contributed by atoms with Crippen LogP contribution in [0.3, 0.4) is 0 Å². The quantitative estimate of drug-likeness (QED) is 0.886. The summed E-state index contributed by atoms with van der Waals surface area (Å²) in [6.07, 6.45) is 5.25. The summed E-state index contributed by atoms with van der Waals surface area (Å²) >= 11 is 0. The molecule has 19 heavy (non-hydrogen) atoms. The van der Waals surface area contributed by atoms with Crippen LogP contribution in [-0.2, 0) is 11.8 Å². The molecule has 1 atom stereocenters. The van der Waals surface area contributed by atoms with Gasteiger partial charge in [-0.1, -0.05) is 31.4 Å². The number of benzene rings is 1. The minimum Gasteiger partial charge on any atom is -0.496 e. The topological polar surface area (TPSA) is 53.2 Å². The average Bonchev–Trinajstić information content (AvgIpc) is 2.41. The van der Waals surface area contributed by atoms with Crippen molar-refractivity contribution < 1.29 is 9.84 Å². The number of aliphatic hydroxyl groups is 1. The second-order valence-corrected chi connectivity index (χ2v) is 5.78. The predicted octanol–water partition coefficient (Wildman–Crippen LogP) is 2.71. The van der Waals surface area contributed by atoms with Gasteiger partial charge in [0.05, 0.1) is 18.8 Å². The van der Waals surface area contributed by atoms with Crippen LogP contribution < -0.4 is 4.74 Å². The van der Waals surface area contributed by atoms with E-state index in [9.17, 15) is 10.4 Å². The number of hydrogen-bond acceptors (Lipinski definition) is 3. The van der Waals surface area contributed by atoms with E-state index in [1.165, 1.54) is 0 Å². The molecular weight excluding hydrogens is 238 g/mol. The number of fused-ring (bicyclic) bond motifs is 1. The maximum atomic E-state index is 11.0. The van der Waals surface area contributed by atoms with Gasteiger partial charge in [-0.05, 0) is 30.9 Å². The van der Waals surface area contributed by atoms with Gasteiger partial charge in [-0.25, -0.2) is 0 Å². The monoisotopic (exact) mass is 257 g/mol. The van der Waals surface area contributed by atoms with Crippen LogP contribution in [0.4, 0.5) is 0 Å². The van der Waals surface area contributed by atoms with Gasteiger partial charge >= 0.3 is 0 Å². The maximum Gasteiger partial charge on any atom is 0.124 e. The third kappa shape index (κ3) is 1.53. The Hall–Kier alpha value is -1.53. The first-order valence-corrected chi connectivity index (χ1v) is 6.97. The third-order valence-corrected chi connectivity index (χ3v) is 4.88. The Morgan fingerprint density at radius 1 is 1.26 bits per heavy atom. The van der Waals surface area contributed by atoms with Crippen molar-refractivity contribution in [2.45, 2.75) is 49.5 Å². The Bertz CT molecular complexity index is 540. The molecule has 2 aliphatic carbocycles. The SMILES string of the molecule is COc1cccc2c1C(C#N)(C1(O)CCCCC1)C2. The summed E-state index contributed by atoms with van der Waals surface area (Å²) < 4.78 is 5.41. The van der Waals surface area contributed by atoms with E-state index < -0.39 is 11.0 Å². The van der Waals surface area contributed by atoms with Crippen molar-refractivity contribution in [3.8, 4) is 11.8 Å². The van der Waals surface area contributed by atoms with Crippen LogP contribution >= 0.6 is 0 Å². The van der Waals surface area contributed by atoms with Crippen LogP contribution in [-0.4, -0.2) is 17.8 Å². The van der Waals surface area contributed by atoms with E-state index in [2.05, 4.69) is 6.07 Å². The van der Waals surface area contributed by atoms with Gasteiger partial charge in [-0.2, -0.15) is 5.26 Å². The highest BCUT2D eigenvalue weighted by Gasteiger charge is 2.59. The molecule has 0 amide bonds. The van der Waals surface area contributed by atoms with Crippen molar-refractivity contribution in [1.82, 2.24) is 0 Å². The molecule has 2 aliphatic rings. The van der Waals surface area contributed by atoms with Gasteiger partial charge in [-0.3, -0.25) is 0 Å². The van der Waals surface area contributed by atoms with Gasteiger partial charge in [0.25, 0.3) is 0 Å². The zero-order chi connectivity index (χ0) is 13.5. The number of nitriles is 1. The number of hydrogen-bond donors (Lipinski definition) is 1. The summed E-state index contributed by atoms with van der Waals surface area (Å²) in [6.45, 7) is 0. The molecular formula is C16H19NO2. The van der Waals surface area contributed by atoms with Crippen molar-refractivity contribution >= 4 is 0 Å².